The van der Waals surface area contributed by atoms with Crippen LogP contribution >= 0.6 is 12.4 Å². The molecule has 4 heteroatoms. The molecule has 1 saturated heterocycles. The van der Waals surface area contributed by atoms with Crippen LogP contribution < -0.4 is 5.32 Å². The van der Waals surface area contributed by atoms with E-state index >= 15 is 0 Å². The average molecular weight is 249 g/mol. The van der Waals surface area contributed by atoms with Gasteiger partial charge in [0.2, 0.25) is 5.91 Å². The number of piperidine rings is 1. The molecular weight excluding hydrogens is 224 g/mol. The average Bonchev–Trinajstić information content (AvgIpc) is 2.26. The van der Waals surface area contributed by atoms with Crippen molar-refractivity contribution in [1.82, 2.24) is 10.2 Å². The molecule has 1 fully saturated rings. The van der Waals surface area contributed by atoms with Gasteiger partial charge < -0.3 is 10.2 Å². The Morgan fingerprint density at radius 3 is 2.38 bits per heavy atom. The summed E-state index contributed by atoms with van der Waals surface area (Å²) in [5.74, 6) is 0.974. The summed E-state index contributed by atoms with van der Waals surface area (Å²) in [5, 5.41) is 3.28. The monoisotopic (exact) mass is 248 g/mol. The number of halogens is 1. The highest BCUT2D eigenvalue weighted by Crippen LogP contribution is 2.13. The van der Waals surface area contributed by atoms with Crippen LogP contribution in [0.2, 0.25) is 0 Å². The number of nitrogens with zero attached hydrogens (tertiary/aromatic N) is 1. The zero-order valence-corrected chi connectivity index (χ0v) is 11.5. The van der Waals surface area contributed by atoms with Gasteiger partial charge in [-0.1, -0.05) is 13.8 Å². The minimum Gasteiger partial charge on any atom is -0.343 e. The molecule has 0 radical (unpaired) electrons. The third-order valence-electron chi connectivity index (χ3n) is 3.19. The third kappa shape index (κ3) is 5.17. The lowest BCUT2D eigenvalue weighted by Gasteiger charge is -2.32. The Morgan fingerprint density at radius 1 is 1.38 bits per heavy atom. The van der Waals surface area contributed by atoms with E-state index in [2.05, 4.69) is 19.2 Å². The van der Waals surface area contributed by atoms with Gasteiger partial charge in [0.1, 0.15) is 0 Å². The van der Waals surface area contributed by atoms with Crippen LogP contribution in [0.5, 0.6) is 0 Å². The van der Waals surface area contributed by atoms with Crippen molar-refractivity contribution in [1.29, 1.82) is 0 Å². The Labute approximate surface area is 105 Å². The minimum atomic E-state index is 0. The molecule has 0 saturated carbocycles. The molecular formula is C12H25ClN2O. The predicted octanol–water partition coefficient (Wildman–Crippen LogP) is 2.05. The quantitative estimate of drug-likeness (QED) is 0.826. The van der Waals surface area contributed by atoms with Crippen LogP contribution in [0.1, 0.15) is 39.5 Å². The van der Waals surface area contributed by atoms with Crippen molar-refractivity contribution in [2.75, 3.05) is 20.1 Å². The number of carbonyl (C=O) groups is 1. The van der Waals surface area contributed by atoms with Gasteiger partial charge in [-0.25, -0.2) is 0 Å². The van der Waals surface area contributed by atoms with Crippen molar-refractivity contribution in [3.63, 3.8) is 0 Å². The second kappa shape index (κ2) is 7.91. The fourth-order valence-electron chi connectivity index (χ4n) is 1.99. The first-order chi connectivity index (χ1) is 7.13. The first kappa shape index (κ1) is 15.7. The van der Waals surface area contributed by atoms with E-state index in [1.54, 1.807) is 0 Å². The lowest BCUT2D eigenvalue weighted by Crippen LogP contribution is -2.43. The van der Waals surface area contributed by atoms with Crippen LogP contribution in [-0.2, 0) is 4.79 Å². The number of rotatable bonds is 4. The molecule has 0 aromatic heterocycles. The van der Waals surface area contributed by atoms with E-state index in [0.717, 1.165) is 38.8 Å². The topological polar surface area (TPSA) is 32.3 Å². The molecule has 1 aliphatic heterocycles. The summed E-state index contributed by atoms with van der Waals surface area (Å²) in [4.78, 5) is 13.8. The van der Waals surface area contributed by atoms with Gasteiger partial charge in [-0.3, -0.25) is 4.79 Å². The Morgan fingerprint density at radius 2 is 1.94 bits per heavy atom. The number of carbonyl (C=O) groups excluding carboxylic acids is 1. The van der Waals surface area contributed by atoms with E-state index in [1.165, 1.54) is 0 Å². The Hall–Kier alpha value is -0.280. The standard InChI is InChI=1S/C12H24N2O.ClH/c1-10(2)4-5-12(15)14-8-6-11(13-3)7-9-14;/h10-11,13H,4-9H2,1-3H3;1H. The molecule has 96 valence electrons. The highest BCUT2D eigenvalue weighted by atomic mass is 35.5. The number of hydrogen-bond donors (Lipinski definition) is 1. The van der Waals surface area contributed by atoms with Gasteiger partial charge in [-0.05, 0) is 32.2 Å². The Bertz CT molecular complexity index is 201. The first-order valence-corrected chi connectivity index (χ1v) is 6.08. The lowest BCUT2D eigenvalue weighted by atomic mass is 10.0. The summed E-state index contributed by atoms with van der Waals surface area (Å²) in [6.45, 7) is 6.20. The highest BCUT2D eigenvalue weighted by molar-refractivity contribution is 5.85. The highest BCUT2D eigenvalue weighted by Gasteiger charge is 2.21. The fourth-order valence-corrected chi connectivity index (χ4v) is 1.99. The van der Waals surface area contributed by atoms with E-state index in [9.17, 15) is 4.79 Å². The van der Waals surface area contributed by atoms with E-state index in [1.807, 2.05) is 11.9 Å². The number of hydrogen-bond acceptors (Lipinski definition) is 2. The Balaban J connectivity index is 0.00000225. The molecule has 0 bridgehead atoms. The molecule has 1 rings (SSSR count). The van der Waals surface area contributed by atoms with Crippen LogP contribution in [0.4, 0.5) is 0 Å². The van der Waals surface area contributed by atoms with E-state index in [0.29, 0.717) is 17.9 Å². The molecule has 0 aliphatic carbocycles. The summed E-state index contributed by atoms with van der Waals surface area (Å²) in [6.07, 6.45) is 3.94. The van der Waals surface area contributed by atoms with E-state index in [-0.39, 0.29) is 12.4 Å². The predicted molar refractivity (Wildman–Crippen MR) is 70.0 cm³/mol. The summed E-state index contributed by atoms with van der Waals surface area (Å²) in [5.41, 5.74) is 0. The molecule has 1 heterocycles. The molecule has 0 atom stereocenters. The summed E-state index contributed by atoms with van der Waals surface area (Å²) < 4.78 is 0. The van der Waals surface area contributed by atoms with Crippen LogP contribution in [0.3, 0.4) is 0 Å². The molecule has 0 spiro atoms. The minimum absolute atomic E-state index is 0. The lowest BCUT2D eigenvalue weighted by molar-refractivity contribution is -0.132. The second-order valence-electron chi connectivity index (χ2n) is 4.88. The molecule has 16 heavy (non-hydrogen) atoms. The van der Waals surface area contributed by atoms with Crippen molar-refractivity contribution < 1.29 is 4.79 Å². The van der Waals surface area contributed by atoms with Gasteiger partial charge in [0.15, 0.2) is 0 Å². The largest absolute Gasteiger partial charge is 0.343 e. The summed E-state index contributed by atoms with van der Waals surface area (Å²) in [7, 11) is 2.00. The van der Waals surface area contributed by atoms with Gasteiger partial charge >= 0.3 is 0 Å². The zero-order valence-electron chi connectivity index (χ0n) is 10.7. The maximum Gasteiger partial charge on any atom is 0.222 e. The third-order valence-corrected chi connectivity index (χ3v) is 3.19. The molecule has 0 aromatic carbocycles. The zero-order chi connectivity index (χ0) is 11.3. The van der Waals surface area contributed by atoms with Crippen molar-refractivity contribution in [2.24, 2.45) is 5.92 Å². The molecule has 1 aliphatic rings. The van der Waals surface area contributed by atoms with Crippen molar-refractivity contribution >= 4 is 18.3 Å². The summed E-state index contributed by atoms with van der Waals surface area (Å²) in [6, 6.07) is 0.610. The Kier molecular flexibility index (Phi) is 7.77. The maximum atomic E-state index is 11.8. The SMILES string of the molecule is CNC1CCN(C(=O)CCC(C)C)CC1.Cl. The number of amides is 1. The molecule has 1 N–H and O–H groups in total. The van der Waals surface area contributed by atoms with Crippen molar-refractivity contribution in [3.05, 3.63) is 0 Å². The van der Waals surface area contributed by atoms with Gasteiger partial charge in [0, 0.05) is 25.6 Å². The van der Waals surface area contributed by atoms with Crippen molar-refractivity contribution in [2.45, 2.75) is 45.6 Å². The van der Waals surface area contributed by atoms with Gasteiger partial charge in [-0.2, -0.15) is 0 Å². The number of likely N-dealkylation sites (tertiary alicyclic amines) is 1. The van der Waals surface area contributed by atoms with E-state index in [4.69, 9.17) is 0 Å². The van der Waals surface area contributed by atoms with Crippen LogP contribution in [0.15, 0.2) is 0 Å². The maximum absolute atomic E-state index is 11.8. The first-order valence-electron chi connectivity index (χ1n) is 6.08. The van der Waals surface area contributed by atoms with Crippen molar-refractivity contribution in [3.8, 4) is 0 Å². The van der Waals surface area contributed by atoms with Crippen LogP contribution in [0.25, 0.3) is 0 Å². The normalized spacial score (nSPS) is 17.4. The van der Waals surface area contributed by atoms with Crippen LogP contribution in [-0.4, -0.2) is 37.0 Å². The summed E-state index contributed by atoms with van der Waals surface area (Å²) >= 11 is 0. The molecule has 1 amide bonds. The van der Waals surface area contributed by atoms with Gasteiger partial charge in [-0.15, -0.1) is 12.4 Å². The van der Waals surface area contributed by atoms with Crippen LogP contribution in [0, 0.1) is 5.92 Å². The molecule has 3 nitrogen and oxygen atoms in total. The van der Waals surface area contributed by atoms with E-state index < -0.39 is 0 Å². The van der Waals surface area contributed by atoms with Gasteiger partial charge in [0.05, 0.1) is 0 Å². The van der Waals surface area contributed by atoms with Gasteiger partial charge in [0.25, 0.3) is 0 Å². The smallest absolute Gasteiger partial charge is 0.222 e. The molecule has 0 aromatic rings. The number of nitrogens with one attached hydrogen (secondary N) is 1. The fraction of sp³-hybridized carbons (Fsp3) is 0.917. The molecule has 0 unspecified atom stereocenters. The second-order valence-corrected chi connectivity index (χ2v) is 4.88.